The molecule has 1 aromatic carbocycles. The van der Waals surface area contributed by atoms with Crippen molar-refractivity contribution in [3.05, 3.63) is 30.0 Å². The van der Waals surface area contributed by atoms with E-state index < -0.39 is 0 Å². The predicted octanol–water partition coefficient (Wildman–Crippen LogP) is 2.67. The fourth-order valence-electron chi connectivity index (χ4n) is 1.87. The summed E-state index contributed by atoms with van der Waals surface area (Å²) >= 11 is 2.55. The average molecular weight is 333 g/mol. The van der Waals surface area contributed by atoms with Gasteiger partial charge in [0.2, 0.25) is 11.5 Å². The maximum atomic E-state index is 11.5. The van der Waals surface area contributed by atoms with E-state index in [0.29, 0.717) is 28.0 Å². The van der Waals surface area contributed by atoms with Gasteiger partial charge >= 0.3 is 0 Å². The molecule has 3 aromatic rings. The molecular weight excluding hydrogens is 322 g/mol. The van der Waals surface area contributed by atoms with Gasteiger partial charge in [0.15, 0.2) is 5.01 Å². The number of hydrogen-bond donors (Lipinski definition) is 0. The molecule has 0 radical (unpaired) electrons. The molecular formula is C13H11N5O2S2. The van der Waals surface area contributed by atoms with E-state index in [1.807, 2.05) is 19.1 Å². The quantitative estimate of drug-likeness (QED) is 0.668. The van der Waals surface area contributed by atoms with Gasteiger partial charge in [0, 0.05) is 0 Å². The van der Waals surface area contributed by atoms with Gasteiger partial charge in [-0.05, 0) is 30.6 Å². The van der Waals surface area contributed by atoms with Crippen LogP contribution in [0.4, 0.5) is 10.8 Å². The fraction of sp³-hybridized carbons (Fsp3) is 0.154. The van der Waals surface area contributed by atoms with E-state index in [4.69, 9.17) is 4.74 Å². The highest BCUT2D eigenvalue weighted by atomic mass is 32.1. The summed E-state index contributed by atoms with van der Waals surface area (Å²) in [5, 5.41) is 13.3. The standard InChI is InChI=1S/C13H11N5O2S2/c1-8-11(22-17-14-8)12-15-16-13(21-12)18(7-19)9-5-3-4-6-10(9)20-2/h3-7H,1-2H3. The van der Waals surface area contributed by atoms with E-state index >= 15 is 0 Å². The molecule has 0 aliphatic rings. The van der Waals surface area contributed by atoms with Gasteiger partial charge in [0.1, 0.15) is 10.6 Å². The van der Waals surface area contributed by atoms with Crippen molar-refractivity contribution in [2.24, 2.45) is 0 Å². The first-order valence-corrected chi connectivity index (χ1v) is 7.84. The number of aromatic nitrogens is 4. The topological polar surface area (TPSA) is 81.1 Å². The van der Waals surface area contributed by atoms with Crippen LogP contribution in [0.3, 0.4) is 0 Å². The minimum Gasteiger partial charge on any atom is -0.495 e. The van der Waals surface area contributed by atoms with E-state index in [0.717, 1.165) is 10.6 Å². The third kappa shape index (κ3) is 2.55. The summed E-state index contributed by atoms with van der Waals surface area (Å²) in [5.41, 5.74) is 1.41. The first-order chi connectivity index (χ1) is 10.7. The zero-order valence-electron chi connectivity index (χ0n) is 11.8. The van der Waals surface area contributed by atoms with Crippen LogP contribution < -0.4 is 9.64 Å². The smallest absolute Gasteiger partial charge is 0.220 e. The second-order valence-corrected chi connectivity index (χ2v) is 5.93. The molecule has 7 nitrogen and oxygen atoms in total. The predicted molar refractivity (Wildman–Crippen MR) is 84.7 cm³/mol. The zero-order valence-corrected chi connectivity index (χ0v) is 13.4. The van der Waals surface area contributed by atoms with Crippen molar-refractivity contribution in [2.75, 3.05) is 12.0 Å². The lowest BCUT2D eigenvalue weighted by molar-refractivity contribution is -0.106. The molecule has 0 aliphatic heterocycles. The normalized spacial score (nSPS) is 10.5. The number of nitrogens with zero attached hydrogens (tertiary/aromatic N) is 5. The Bertz CT molecular complexity index is 801. The first-order valence-electron chi connectivity index (χ1n) is 6.25. The van der Waals surface area contributed by atoms with Crippen LogP contribution in [0.5, 0.6) is 5.75 Å². The molecule has 3 rings (SSSR count). The highest BCUT2D eigenvalue weighted by Gasteiger charge is 2.19. The molecule has 0 atom stereocenters. The largest absolute Gasteiger partial charge is 0.495 e. The Morgan fingerprint density at radius 3 is 2.73 bits per heavy atom. The lowest BCUT2D eigenvalue weighted by Gasteiger charge is -2.16. The van der Waals surface area contributed by atoms with Crippen molar-refractivity contribution < 1.29 is 9.53 Å². The van der Waals surface area contributed by atoms with Gasteiger partial charge in [-0.2, -0.15) is 0 Å². The van der Waals surface area contributed by atoms with Crippen molar-refractivity contribution in [1.82, 2.24) is 19.8 Å². The number of aryl methyl sites for hydroxylation is 1. The SMILES string of the molecule is COc1ccccc1N(C=O)c1nnc(-c2snnc2C)s1. The van der Waals surface area contributed by atoms with E-state index in [1.165, 1.54) is 27.8 Å². The molecule has 0 fully saturated rings. The summed E-state index contributed by atoms with van der Waals surface area (Å²) < 4.78 is 9.17. The molecule has 0 saturated heterocycles. The summed E-state index contributed by atoms with van der Waals surface area (Å²) in [6, 6.07) is 7.23. The van der Waals surface area contributed by atoms with Crippen molar-refractivity contribution in [1.29, 1.82) is 0 Å². The lowest BCUT2D eigenvalue weighted by Crippen LogP contribution is -2.14. The summed E-state index contributed by atoms with van der Waals surface area (Å²) in [4.78, 5) is 13.8. The van der Waals surface area contributed by atoms with Crippen LogP contribution in [0, 0.1) is 6.92 Å². The van der Waals surface area contributed by atoms with Crippen LogP contribution in [-0.2, 0) is 4.79 Å². The van der Waals surface area contributed by atoms with Crippen LogP contribution in [-0.4, -0.2) is 33.3 Å². The molecule has 2 heterocycles. The number of hydrogen-bond acceptors (Lipinski definition) is 8. The molecule has 0 aliphatic carbocycles. The van der Waals surface area contributed by atoms with Crippen LogP contribution >= 0.6 is 22.9 Å². The Hall–Kier alpha value is -2.39. The molecule has 9 heteroatoms. The van der Waals surface area contributed by atoms with E-state index in [2.05, 4.69) is 19.8 Å². The maximum Gasteiger partial charge on any atom is 0.220 e. The molecule has 1 amide bonds. The molecule has 112 valence electrons. The number of rotatable bonds is 5. The zero-order chi connectivity index (χ0) is 15.5. The Morgan fingerprint density at radius 1 is 1.23 bits per heavy atom. The highest BCUT2D eigenvalue weighted by molar-refractivity contribution is 7.22. The van der Waals surface area contributed by atoms with E-state index in [1.54, 1.807) is 19.2 Å². The molecule has 22 heavy (non-hydrogen) atoms. The number of anilines is 2. The van der Waals surface area contributed by atoms with Gasteiger partial charge in [-0.25, -0.2) is 0 Å². The summed E-state index contributed by atoms with van der Waals surface area (Å²) in [6.07, 6.45) is 0.694. The van der Waals surface area contributed by atoms with Gasteiger partial charge in [-0.15, -0.1) is 15.3 Å². The number of ether oxygens (including phenoxy) is 1. The number of carbonyl (C=O) groups excluding carboxylic acids is 1. The minimum absolute atomic E-state index is 0.460. The van der Waals surface area contributed by atoms with Gasteiger partial charge in [0.05, 0.1) is 18.5 Å². The Kier molecular flexibility index (Phi) is 4.07. The summed E-state index contributed by atoms with van der Waals surface area (Å²) in [7, 11) is 1.56. The molecule has 2 aromatic heterocycles. The van der Waals surface area contributed by atoms with Crippen molar-refractivity contribution in [3.63, 3.8) is 0 Å². The van der Waals surface area contributed by atoms with Gasteiger partial charge in [-0.3, -0.25) is 9.69 Å². The van der Waals surface area contributed by atoms with Gasteiger partial charge in [0.25, 0.3) is 0 Å². The monoisotopic (exact) mass is 333 g/mol. The maximum absolute atomic E-state index is 11.5. The highest BCUT2D eigenvalue weighted by Crippen LogP contribution is 2.37. The third-order valence-corrected chi connectivity index (χ3v) is 4.82. The summed E-state index contributed by atoms with van der Waals surface area (Å²) in [6.45, 7) is 1.86. The fourth-order valence-corrected chi connectivity index (χ4v) is 3.46. The van der Waals surface area contributed by atoms with Crippen LogP contribution in [0.25, 0.3) is 9.88 Å². The molecule has 0 N–H and O–H groups in total. The number of methoxy groups -OCH3 is 1. The van der Waals surface area contributed by atoms with Gasteiger partial charge in [-0.1, -0.05) is 28.0 Å². The Morgan fingerprint density at radius 2 is 2.05 bits per heavy atom. The third-order valence-electron chi connectivity index (χ3n) is 2.92. The number of benzene rings is 1. The number of carbonyl (C=O) groups is 1. The van der Waals surface area contributed by atoms with E-state index in [-0.39, 0.29) is 0 Å². The van der Waals surface area contributed by atoms with Crippen molar-refractivity contribution in [3.8, 4) is 15.6 Å². The van der Waals surface area contributed by atoms with E-state index in [9.17, 15) is 4.79 Å². The number of para-hydroxylation sites is 2. The second kappa shape index (κ2) is 6.16. The Balaban J connectivity index is 2.00. The number of amides is 1. The van der Waals surface area contributed by atoms with Crippen molar-refractivity contribution in [2.45, 2.75) is 6.92 Å². The van der Waals surface area contributed by atoms with Crippen molar-refractivity contribution >= 4 is 40.1 Å². The molecule has 0 spiro atoms. The minimum atomic E-state index is 0.460. The summed E-state index contributed by atoms with van der Waals surface area (Å²) in [5.74, 6) is 0.585. The van der Waals surface area contributed by atoms with Crippen LogP contribution in [0.15, 0.2) is 24.3 Å². The Labute approximate surface area is 134 Å². The van der Waals surface area contributed by atoms with Crippen LogP contribution in [0.1, 0.15) is 5.69 Å². The van der Waals surface area contributed by atoms with Gasteiger partial charge < -0.3 is 4.74 Å². The molecule has 0 bridgehead atoms. The first kappa shape index (κ1) is 14.5. The van der Waals surface area contributed by atoms with Crippen LogP contribution in [0.2, 0.25) is 0 Å². The lowest BCUT2D eigenvalue weighted by atomic mass is 10.3. The average Bonchev–Trinajstić information content (AvgIpc) is 3.17. The molecule has 0 saturated carbocycles. The molecule has 0 unspecified atom stereocenters. The second-order valence-electron chi connectivity index (χ2n) is 4.22.